The summed E-state index contributed by atoms with van der Waals surface area (Å²) in [5.41, 5.74) is 2.27. The molecule has 1 N–H and O–H groups in total. The molecule has 0 aliphatic carbocycles. The van der Waals surface area contributed by atoms with Gasteiger partial charge in [0.25, 0.3) is 0 Å². The zero-order valence-corrected chi connectivity index (χ0v) is 10.3. The first-order valence-corrected chi connectivity index (χ1v) is 6.36. The molecule has 0 amide bonds. The average molecular weight is 229 g/mol. The predicted molar refractivity (Wildman–Crippen MR) is 68.5 cm³/mol. The van der Waals surface area contributed by atoms with Gasteiger partial charge in [0, 0.05) is 24.7 Å². The molecule has 2 heteroatoms. The summed E-state index contributed by atoms with van der Waals surface area (Å²) < 4.78 is 0. The van der Waals surface area contributed by atoms with Gasteiger partial charge in [0.2, 0.25) is 0 Å². The van der Waals surface area contributed by atoms with E-state index in [1.807, 2.05) is 12.1 Å². The van der Waals surface area contributed by atoms with E-state index in [2.05, 4.69) is 30.5 Å². The predicted octanol–water partition coefficient (Wildman–Crippen LogP) is 2.42. The lowest BCUT2D eigenvalue weighted by molar-refractivity contribution is -0.0760. The summed E-state index contributed by atoms with van der Waals surface area (Å²) >= 11 is 0. The molecule has 1 aromatic rings. The Kier molecular flexibility index (Phi) is 2.30. The molecule has 3 heterocycles. The normalized spacial score (nSPS) is 32.0. The Labute approximate surface area is 103 Å². The van der Waals surface area contributed by atoms with Crippen LogP contribution in [-0.2, 0) is 5.60 Å². The highest BCUT2D eigenvalue weighted by Crippen LogP contribution is 2.48. The molecule has 17 heavy (non-hydrogen) atoms. The van der Waals surface area contributed by atoms with Gasteiger partial charge in [0.1, 0.15) is 5.60 Å². The Morgan fingerprint density at radius 3 is 2.65 bits per heavy atom. The molecule has 0 radical (unpaired) electrons. The first-order valence-electron chi connectivity index (χ1n) is 6.36. The van der Waals surface area contributed by atoms with Crippen LogP contribution in [0.1, 0.15) is 24.0 Å². The number of rotatable bonds is 1. The Morgan fingerprint density at radius 1 is 1.35 bits per heavy atom. The van der Waals surface area contributed by atoms with Crippen molar-refractivity contribution in [3.63, 3.8) is 0 Å². The molecule has 90 valence electrons. The summed E-state index contributed by atoms with van der Waals surface area (Å²) in [7, 11) is 0. The van der Waals surface area contributed by atoms with E-state index >= 15 is 0 Å². The Bertz CT molecular complexity index is 460. The lowest BCUT2D eigenvalue weighted by Crippen LogP contribution is -2.54. The van der Waals surface area contributed by atoms with Gasteiger partial charge in [0.05, 0.1) is 0 Å². The van der Waals surface area contributed by atoms with Crippen molar-refractivity contribution in [1.29, 1.82) is 0 Å². The Balaban J connectivity index is 2.08. The molecule has 0 saturated carbocycles. The van der Waals surface area contributed by atoms with E-state index in [1.54, 1.807) is 0 Å². The average Bonchev–Trinajstić information content (AvgIpc) is 2.36. The van der Waals surface area contributed by atoms with Crippen molar-refractivity contribution in [2.45, 2.75) is 25.4 Å². The second-order valence-corrected chi connectivity index (χ2v) is 5.34. The van der Waals surface area contributed by atoms with E-state index in [-0.39, 0.29) is 0 Å². The Hall–Kier alpha value is -1.28. The lowest BCUT2D eigenvalue weighted by Gasteiger charge is -2.53. The molecule has 0 spiro atoms. The molecule has 1 aromatic carbocycles. The third-order valence-electron chi connectivity index (χ3n) is 4.37. The summed E-state index contributed by atoms with van der Waals surface area (Å²) in [4.78, 5) is 2.24. The van der Waals surface area contributed by atoms with Crippen LogP contribution in [0.15, 0.2) is 36.5 Å². The number of hydrogen-bond acceptors (Lipinski definition) is 2. The van der Waals surface area contributed by atoms with Gasteiger partial charge < -0.3 is 10.0 Å². The Morgan fingerprint density at radius 2 is 2.06 bits per heavy atom. The molecular weight excluding hydrogens is 210 g/mol. The van der Waals surface area contributed by atoms with Crippen LogP contribution >= 0.6 is 0 Å². The van der Waals surface area contributed by atoms with Crippen LogP contribution in [0.4, 0.5) is 0 Å². The zero-order valence-electron chi connectivity index (χ0n) is 10.3. The van der Waals surface area contributed by atoms with Crippen LogP contribution in [-0.4, -0.2) is 23.1 Å². The minimum atomic E-state index is -0.831. The van der Waals surface area contributed by atoms with Crippen molar-refractivity contribution in [1.82, 2.24) is 4.90 Å². The largest absolute Gasteiger partial charge is 0.379 e. The highest BCUT2D eigenvalue weighted by Gasteiger charge is 2.49. The van der Waals surface area contributed by atoms with Gasteiger partial charge in [-0.25, -0.2) is 0 Å². The van der Waals surface area contributed by atoms with E-state index in [1.165, 1.54) is 5.56 Å². The second kappa shape index (κ2) is 3.61. The van der Waals surface area contributed by atoms with Crippen LogP contribution in [0.25, 0.3) is 0 Å². The molecular formula is C15H19NO. The first kappa shape index (κ1) is 10.8. The fourth-order valence-corrected chi connectivity index (χ4v) is 3.33. The third kappa shape index (κ3) is 1.44. The minimum Gasteiger partial charge on any atom is -0.379 e. The van der Waals surface area contributed by atoms with Crippen LogP contribution < -0.4 is 0 Å². The number of fused-ring (bicyclic) bond motifs is 3. The number of benzene rings is 1. The van der Waals surface area contributed by atoms with Crippen LogP contribution in [0.5, 0.6) is 0 Å². The van der Waals surface area contributed by atoms with Crippen molar-refractivity contribution >= 4 is 0 Å². The minimum absolute atomic E-state index is 0.335. The van der Waals surface area contributed by atoms with Gasteiger partial charge in [-0.3, -0.25) is 0 Å². The highest BCUT2D eigenvalue weighted by atomic mass is 16.3. The molecule has 3 aliphatic heterocycles. The second-order valence-electron chi connectivity index (χ2n) is 5.34. The fourth-order valence-electron chi connectivity index (χ4n) is 3.33. The maximum Gasteiger partial charge on any atom is 0.131 e. The van der Waals surface area contributed by atoms with Crippen LogP contribution in [0.2, 0.25) is 0 Å². The number of hydrogen-bond donors (Lipinski definition) is 1. The monoisotopic (exact) mass is 229 g/mol. The van der Waals surface area contributed by atoms with Gasteiger partial charge in [-0.05, 0) is 25.3 Å². The van der Waals surface area contributed by atoms with E-state index in [0.717, 1.165) is 37.2 Å². The quantitative estimate of drug-likeness (QED) is 0.799. The SMILES string of the molecule is C=C1N2CCC(CC2)C1(O)c1cccc(C)c1. The molecule has 3 fully saturated rings. The van der Waals surface area contributed by atoms with E-state index in [4.69, 9.17) is 0 Å². The molecule has 4 rings (SSSR count). The number of aryl methyl sites for hydroxylation is 1. The fraction of sp³-hybridized carbons (Fsp3) is 0.467. The van der Waals surface area contributed by atoms with Crippen molar-refractivity contribution < 1.29 is 5.11 Å². The molecule has 0 aromatic heterocycles. The van der Waals surface area contributed by atoms with Crippen molar-refractivity contribution in [3.8, 4) is 0 Å². The maximum absolute atomic E-state index is 11.1. The molecule has 3 saturated heterocycles. The molecule has 1 unspecified atom stereocenters. The van der Waals surface area contributed by atoms with Crippen molar-refractivity contribution in [3.05, 3.63) is 47.7 Å². The van der Waals surface area contributed by atoms with Crippen molar-refractivity contribution in [2.24, 2.45) is 5.92 Å². The first-order chi connectivity index (χ1) is 8.12. The maximum atomic E-state index is 11.1. The van der Waals surface area contributed by atoms with Gasteiger partial charge in [-0.1, -0.05) is 36.4 Å². The molecule has 1 atom stereocenters. The van der Waals surface area contributed by atoms with Gasteiger partial charge >= 0.3 is 0 Å². The summed E-state index contributed by atoms with van der Waals surface area (Å²) in [6, 6.07) is 8.21. The highest BCUT2D eigenvalue weighted by molar-refractivity contribution is 5.37. The van der Waals surface area contributed by atoms with E-state index in [0.29, 0.717) is 5.92 Å². The molecule has 3 aliphatic rings. The number of piperidine rings is 3. The molecule has 2 bridgehead atoms. The standard InChI is InChI=1S/C15H19NO/c1-11-4-3-5-14(10-11)15(17)12(2)16-8-6-13(15)7-9-16/h3-5,10,13,17H,2,6-9H2,1H3. The van der Waals surface area contributed by atoms with Crippen molar-refractivity contribution in [2.75, 3.05) is 13.1 Å². The zero-order chi connectivity index (χ0) is 12.0. The van der Waals surface area contributed by atoms with E-state index < -0.39 is 5.60 Å². The topological polar surface area (TPSA) is 23.5 Å². The molecule has 2 nitrogen and oxygen atoms in total. The van der Waals surface area contributed by atoms with Gasteiger partial charge in [-0.2, -0.15) is 0 Å². The number of aliphatic hydroxyl groups is 1. The smallest absolute Gasteiger partial charge is 0.131 e. The van der Waals surface area contributed by atoms with Gasteiger partial charge in [0.15, 0.2) is 0 Å². The lowest BCUT2D eigenvalue weighted by atomic mass is 9.69. The summed E-state index contributed by atoms with van der Waals surface area (Å²) in [5, 5.41) is 11.1. The van der Waals surface area contributed by atoms with Crippen LogP contribution in [0.3, 0.4) is 0 Å². The van der Waals surface area contributed by atoms with E-state index in [9.17, 15) is 5.11 Å². The summed E-state index contributed by atoms with van der Waals surface area (Å²) in [6.45, 7) is 8.30. The van der Waals surface area contributed by atoms with Crippen LogP contribution in [0, 0.1) is 12.8 Å². The third-order valence-corrected chi connectivity index (χ3v) is 4.37. The van der Waals surface area contributed by atoms with Gasteiger partial charge in [-0.15, -0.1) is 0 Å². The number of nitrogens with zero attached hydrogens (tertiary/aromatic N) is 1. The summed E-state index contributed by atoms with van der Waals surface area (Å²) in [5.74, 6) is 0.335. The summed E-state index contributed by atoms with van der Waals surface area (Å²) in [6.07, 6.45) is 2.15.